The number of halogens is 3. The van der Waals surface area contributed by atoms with Crippen molar-refractivity contribution in [2.24, 2.45) is 0 Å². The molecule has 0 atom stereocenters. The van der Waals surface area contributed by atoms with E-state index in [1.807, 2.05) is 0 Å². The van der Waals surface area contributed by atoms with Crippen LogP contribution >= 0.6 is 0 Å². The summed E-state index contributed by atoms with van der Waals surface area (Å²) in [5.74, 6) is -2.31. The van der Waals surface area contributed by atoms with E-state index < -0.39 is 17.5 Å². The summed E-state index contributed by atoms with van der Waals surface area (Å²) in [4.78, 5) is 0. The Morgan fingerprint density at radius 2 is 1.61 bits per heavy atom. The third-order valence-corrected chi connectivity index (χ3v) is 5.75. The maximum absolute atomic E-state index is 14.8. The molecule has 0 aromatic heterocycles. The fourth-order valence-corrected chi connectivity index (χ4v) is 4.01. The lowest BCUT2D eigenvalue weighted by Crippen LogP contribution is -2.06. The first-order valence-electron chi connectivity index (χ1n) is 10.5. The summed E-state index contributed by atoms with van der Waals surface area (Å²) in [5, 5.41) is 0. The highest BCUT2D eigenvalue weighted by atomic mass is 19.2. The van der Waals surface area contributed by atoms with Crippen molar-refractivity contribution >= 4 is 0 Å². The molecule has 0 spiro atoms. The zero-order valence-electron chi connectivity index (χ0n) is 16.9. The summed E-state index contributed by atoms with van der Waals surface area (Å²) >= 11 is 0. The number of unbranched alkanes of at least 4 members (excludes halogenated alkanes) is 4. The number of fused-ring (bicyclic) bond motifs is 1. The minimum atomic E-state index is -0.961. The summed E-state index contributed by atoms with van der Waals surface area (Å²) in [7, 11) is 0. The minimum absolute atomic E-state index is 0.000649. The van der Waals surface area contributed by atoms with Crippen LogP contribution in [0.1, 0.15) is 69.1 Å². The Morgan fingerprint density at radius 1 is 0.821 bits per heavy atom. The second-order valence-corrected chi connectivity index (χ2v) is 7.76. The van der Waals surface area contributed by atoms with E-state index in [4.69, 9.17) is 0 Å². The zero-order chi connectivity index (χ0) is 20.1. The van der Waals surface area contributed by atoms with Crippen molar-refractivity contribution in [2.45, 2.75) is 71.6 Å². The Hall–Kier alpha value is -2.03. The number of benzene rings is 2. The van der Waals surface area contributed by atoms with Gasteiger partial charge in [0.15, 0.2) is 11.6 Å². The van der Waals surface area contributed by atoms with Crippen LogP contribution in [-0.2, 0) is 19.3 Å². The van der Waals surface area contributed by atoms with Gasteiger partial charge in [-0.1, -0.05) is 63.3 Å². The minimum Gasteiger partial charge on any atom is -0.206 e. The average Bonchev–Trinajstić information content (AvgIpc) is 2.69. The molecule has 0 heterocycles. The van der Waals surface area contributed by atoms with E-state index in [1.54, 1.807) is 19.1 Å². The number of aryl methyl sites for hydroxylation is 1. The molecule has 0 fully saturated rings. The number of hydrogen-bond donors (Lipinski definition) is 0. The van der Waals surface area contributed by atoms with E-state index in [9.17, 15) is 13.2 Å². The second-order valence-electron chi connectivity index (χ2n) is 7.76. The van der Waals surface area contributed by atoms with Gasteiger partial charge in [0.1, 0.15) is 5.82 Å². The molecular formula is C25H29F3. The van der Waals surface area contributed by atoms with Crippen molar-refractivity contribution in [3.8, 4) is 11.1 Å². The summed E-state index contributed by atoms with van der Waals surface area (Å²) in [6.07, 6.45) is 11.4. The molecule has 2 aromatic carbocycles. The summed E-state index contributed by atoms with van der Waals surface area (Å²) < 4.78 is 43.4. The van der Waals surface area contributed by atoms with Crippen molar-refractivity contribution in [1.82, 2.24) is 0 Å². The van der Waals surface area contributed by atoms with Gasteiger partial charge in [-0.05, 0) is 60.9 Å². The summed E-state index contributed by atoms with van der Waals surface area (Å²) in [6.45, 7) is 3.98. The van der Waals surface area contributed by atoms with Crippen LogP contribution in [-0.4, -0.2) is 0 Å². The van der Waals surface area contributed by atoms with Crippen LogP contribution in [0.5, 0.6) is 0 Å². The summed E-state index contributed by atoms with van der Waals surface area (Å²) in [5.41, 5.74) is 3.80. The number of hydrogen-bond acceptors (Lipinski definition) is 0. The SMILES string of the molecule is CCCCCCCC1=CCc2cc(-c3ccc(CC)c(F)c3F)c(F)cc2C1. The normalized spacial score (nSPS) is 13.4. The number of allylic oxidation sites excluding steroid dienone is 2. The van der Waals surface area contributed by atoms with Crippen molar-refractivity contribution < 1.29 is 13.2 Å². The van der Waals surface area contributed by atoms with Crippen LogP contribution in [0.2, 0.25) is 0 Å². The fraction of sp³-hybridized carbons (Fsp3) is 0.440. The zero-order valence-corrected chi connectivity index (χ0v) is 16.9. The molecule has 3 heteroatoms. The molecule has 28 heavy (non-hydrogen) atoms. The molecule has 0 saturated carbocycles. The predicted molar refractivity (Wildman–Crippen MR) is 110 cm³/mol. The molecule has 0 N–H and O–H groups in total. The maximum atomic E-state index is 14.8. The van der Waals surface area contributed by atoms with Crippen LogP contribution in [0.4, 0.5) is 13.2 Å². The number of rotatable bonds is 8. The van der Waals surface area contributed by atoms with Crippen LogP contribution in [0.3, 0.4) is 0 Å². The lowest BCUT2D eigenvalue weighted by Gasteiger charge is -2.19. The predicted octanol–water partition coefficient (Wildman–Crippen LogP) is 7.72. The molecule has 0 nitrogen and oxygen atoms in total. The van der Waals surface area contributed by atoms with Gasteiger partial charge >= 0.3 is 0 Å². The highest BCUT2D eigenvalue weighted by Crippen LogP contribution is 2.33. The van der Waals surface area contributed by atoms with Crippen molar-refractivity contribution in [2.75, 3.05) is 0 Å². The Bertz CT molecular complexity index is 865. The standard InChI is InChI=1S/C25H29F3/c1-3-5-6-7-8-9-17-10-11-19-15-22(23(26)16-20(19)14-17)21-13-12-18(4-2)24(27)25(21)28/h10,12-13,15-16H,3-9,11,14H2,1-2H3. The molecule has 0 amide bonds. The molecule has 0 unspecified atom stereocenters. The summed E-state index contributed by atoms with van der Waals surface area (Å²) in [6, 6.07) is 6.24. The van der Waals surface area contributed by atoms with Gasteiger partial charge in [0.2, 0.25) is 0 Å². The average molecular weight is 387 g/mol. The molecule has 0 radical (unpaired) electrons. The lowest BCUT2D eigenvalue weighted by molar-refractivity contribution is 0.501. The quantitative estimate of drug-likeness (QED) is 0.322. The maximum Gasteiger partial charge on any atom is 0.167 e. The van der Waals surface area contributed by atoms with Gasteiger partial charge in [0.25, 0.3) is 0 Å². The first-order chi connectivity index (χ1) is 13.5. The molecule has 0 aliphatic heterocycles. The highest BCUT2D eigenvalue weighted by Gasteiger charge is 2.20. The van der Waals surface area contributed by atoms with E-state index in [0.717, 1.165) is 30.4 Å². The Morgan fingerprint density at radius 3 is 2.36 bits per heavy atom. The smallest absolute Gasteiger partial charge is 0.167 e. The molecule has 2 aromatic rings. The monoisotopic (exact) mass is 386 g/mol. The van der Waals surface area contributed by atoms with Gasteiger partial charge in [-0.2, -0.15) is 0 Å². The van der Waals surface area contributed by atoms with Crippen LogP contribution in [0, 0.1) is 17.5 Å². The topological polar surface area (TPSA) is 0 Å². The van der Waals surface area contributed by atoms with Crippen LogP contribution in [0.15, 0.2) is 35.9 Å². The van der Waals surface area contributed by atoms with Crippen LogP contribution < -0.4 is 0 Å². The van der Waals surface area contributed by atoms with Gasteiger partial charge in [0, 0.05) is 11.1 Å². The van der Waals surface area contributed by atoms with E-state index in [2.05, 4.69) is 13.0 Å². The van der Waals surface area contributed by atoms with Crippen molar-refractivity contribution in [3.05, 3.63) is 70.1 Å². The largest absolute Gasteiger partial charge is 0.206 e. The lowest BCUT2D eigenvalue weighted by atomic mass is 9.86. The highest BCUT2D eigenvalue weighted by molar-refractivity contribution is 5.67. The van der Waals surface area contributed by atoms with E-state index in [1.165, 1.54) is 49.8 Å². The molecule has 1 aliphatic rings. The Kier molecular flexibility index (Phi) is 6.98. The van der Waals surface area contributed by atoms with Gasteiger partial charge in [-0.15, -0.1) is 0 Å². The van der Waals surface area contributed by atoms with Gasteiger partial charge in [-0.25, -0.2) is 13.2 Å². The molecule has 3 rings (SSSR count). The molecular weight excluding hydrogens is 357 g/mol. The third-order valence-electron chi connectivity index (χ3n) is 5.75. The molecule has 0 bridgehead atoms. The third kappa shape index (κ3) is 4.51. The van der Waals surface area contributed by atoms with Gasteiger partial charge < -0.3 is 0 Å². The first kappa shape index (κ1) is 20.7. The van der Waals surface area contributed by atoms with Crippen molar-refractivity contribution in [3.63, 3.8) is 0 Å². The van der Waals surface area contributed by atoms with E-state index in [0.29, 0.717) is 12.0 Å². The Labute approximate surface area is 166 Å². The second kappa shape index (κ2) is 9.45. The van der Waals surface area contributed by atoms with Gasteiger partial charge in [0.05, 0.1) is 0 Å². The first-order valence-corrected chi connectivity index (χ1v) is 10.5. The van der Waals surface area contributed by atoms with E-state index >= 15 is 0 Å². The molecule has 150 valence electrons. The molecule has 1 aliphatic carbocycles. The molecule has 0 saturated heterocycles. The van der Waals surface area contributed by atoms with E-state index in [-0.39, 0.29) is 11.1 Å². The van der Waals surface area contributed by atoms with Crippen molar-refractivity contribution in [1.29, 1.82) is 0 Å². The Balaban J connectivity index is 1.77. The van der Waals surface area contributed by atoms with Crippen LogP contribution in [0.25, 0.3) is 11.1 Å². The fourth-order valence-electron chi connectivity index (χ4n) is 4.01. The van der Waals surface area contributed by atoms with Gasteiger partial charge in [-0.3, -0.25) is 0 Å².